The fourth-order valence-electron chi connectivity index (χ4n) is 3.69. The van der Waals surface area contributed by atoms with Gasteiger partial charge < -0.3 is 18.8 Å². The summed E-state index contributed by atoms with van der Waals surface area (Å²) in [5, 5.41) is 0.932. The summed E-state index contributed by atoms with van der Waals surface area (Å²) in [5.74, 6) is 1.37. The van der Waals surface area contributed by atoms with E-state index in [9.17, 15) is 4.79 Å². The number of para-hydroxylation sites is 1. The molecule has 7 heteroatoms. The smallest absolute Gasteiger partial charge is 0.215 e. The number of fused-ring (bicyclic) bond motifs is 1. The van der Waals surface area contributed by atoms with Crippen LogP contribution in [0.15, 0.2) is 67.0 Å². The van der Waals surface area contributed by atoms with Gasteiger partial charge in [-0.25, -0.2) is 4.98 Å². The van der Waals surface area contributed by atoms with E-state index in [2.05, 4.69) is 37.6 Å². The van der Waals surface area contributed by atoms with Crippen LogP contribution in [-0.4, -0.2) is 35.3 Å². The molecule has 4 rings (SSSR count). The number of aromatic nitrogens is 2. The third-order valence-corrected chi connectivity index (χ3v) is 5.47. The fourth-order valence-corrected chi connectivity index (χ4v) is 3.93. The van der Waals surface area contributed by atoms with Gasteiger partial charge in [-0.05, 0) is 51.7 Å². The predicted octanol–water partition coefficient (Wildman–Crippen LogP) is 5.47. The Hall–Kier alpha value is -3.16. The third-order valence-electron chi connectivity index (χ3n) is 5.24. The highest BCUT2D eigenvalue weighted by Crippen LogP contribution is 2.28. The standard InChI is InChI=1S/C25H23BrN2O4/c1-30-17-32-25-9-7-20(13-27-25)19-6-8-22-21(15-29)14-28(23(22)12-19)11-10-18-4-2-3-5-24(18)31-16-26/h2-9,12-15H,10-11,16-17H2,1H3. The monoisotopic (exact) mass is 494 g/mol. The zero-order valence-corrected chi connectivity index (χ0v) is 19.2. The Balaban J connectivity index is 1.63. The molecule has 0 saturated carbocycles. The van der Waals surface area contributed by atoms with E-state index in [4.69, 9.17) is 14.2 Å². The zero-order valence-electron chi connectivity index (χ0n) is 17.7. The first-order valence-corrected chi connectivity index (χ1v) is 11.3. The van der Waals surface area contributed by atoms with Gasteiger partial charge in [0, 0.05) is 54.1 Å². The average Bonchev–Trinajstić information content (AvgIpc) is 3.20. The number of carbonyl (C=O) groups is 1. The van der Waals surface area contributed by atoms with Crippen molar-refractivity contribution in [3.8, 4) is 22.8 Å². The van der Waals surface area contributed by atoms with E-state index in [0.29, 0.717) is 17.0 Å². The Morgan fingerprint density at radius 1 is 1.06 bits per heavy atom. The van der Waals surface area contributed by atoms with Crippen LogP contribution in [0.3, 0.4) is 0 Å². The number of nitrogens with zero attached hydrogens (tertiary/aromatic N) is 2. The molecular weight excluding hydrogens is 472 g/mol. The van der Waals surface area contributed by atoms with Gasteiger partial charge in [0.15, 0.2) is 13.1 Å². The van der Waals surface area contributed by atoms with E-state index in [-0.39, 0.29) is 6.79 Å². The SMILES string of the molecule is COCOc1ccc(-c2ccc3c(C=O)cn(CCc4ccccc4OCBr)c3c2)cn1. The quantitative estimate of drug-likeness (QED) is 0.166. The molecule has 0 aliphatic rings. The van der Waals surface area contributed by atoms with Crippen molar-refractivity contribution >= 4 is 33.1 Å². The summed E-state index contributed by atoms with van der Waals surface area (Å²) in [7, 11) is 1.57. The summed E-state index contributed by atoms with van der Waals surface area (Å²) in [4.78, 5) is 16.0. The Kier molecular flexibility index (Phi) is 7.19. The average molecular weight is 495 g/mol. The second-order valence-electron chi connectivity index (χ2n) is 7.17. The molecule has 0 unspecified atom stereocenters. The summed E-state index contributed by atoms with van der Waals surface area (Å²) >= 11 is 3.32. The second-order valence-corrected chi connectivity index (χ2v) is 7.63. The number of aryl methyl sites for hydroxylation is 2. The van der Waals surface area contributed by atoms with Gasteiger partial charge in [-0.3, -0.25) is 4.79 Å². The highest BCUT2D eigenvalue weighted by Gasteiger charge is 2.11. The van der Waals surface area contributed by atoms with E-state index in [0.717, 1.165) is 52.6 Å². The van der Waals surface area contributed by atoms with Crippen molar-refractivity contribution in [3.63, 3.8) is 0 Å². The van der Waals surface area contributed by atoms with Gasteiger partial charge in [-0.15, -0.1) is 0 Å². The predicted molar refractivity (Wildman–Crippen MR) is 128 cm³/mol. The van der Waals surface area contributed by atoms with Crippen molar-refractivity contribution in [1.29, 1.82) is 0 Å². The van der Waals surface area contributed by atoms with E-state index < -0.39 is 0 Å². The van der Waals surface area contributed by atoms with Crippen molar-refractivity contribution in [1.82, 2.24) is 9.55 Å². The molecule has 0 bridgehead atoms. The highest BCUT2D eigenvalue weighted by molar-refractivity contribution is 9.09. The van der Waals surface area contributed by atoms with Crippen LogP contribution in [0, 0.1) is 0 Å². The van der Waals surface area contributed by atoms with Crippen molar-refractivity contribution in [2.45, 2.75) is 13.0 Å². The minimum Gasteiger partial charge on any atom is -0.482 e. The molecule has 6 nitrogen and oxygen atoms in total. The maximum Gasteiger partial charge on any atom is 0.215 e. The number of rotatable bonds is 10. The summed E-state index contributed by atoms with van der Waals surface area (Å²) in [6, 6.07) is 17.9. The lowest BCUT2D eigenvalue weighted by molar-refractivity contribution is 0.0478. The van der Waals surface area contributed by atoms with Gasteiger partial charge >= 0.3 is 0 Å². The number of hydrogen-bond donors (Lipinski definition) is 0. The zero-order chi connectivity index (χ0) is 22.3. The van der Waals surface area contributed by atoms with E-state index in [1.54, 1.807) is 13.3 Å². The summed E-state index contributed by atoms with van der Waals surface area (Å²) < 4.78 is 18.1. The number of benzene rings is 2. The lowest BCUT2D eigenvalue weighted by atomic mass is 10.0. The van der Waals surface area contributed by atoms with Gasteiger partial charge in [0.1, 0.15) is 11.3 Å². The lowest BCUT2D eigenvalue weighted by Gasteiger charge is -2.11. The van der Waals surface area contributed by atoms with Crippen molar-refractivity contribution in [2.75, 3.05) is 19.4 Å². The molecule has 4 aromatic rings. The largest absolute Gasteiger partial charge is 0.482 e. The van der Waals surface area contributed by atoms with Gasteiger partial charge in [0.05, 0.1) is 0 Å². The van der Waals surface area contributed by atoms with Crippen LogP contribution < -0.4 is 9.47 Å². The summed E-state index contributed by atoms with van der Waals surface area (Å²) in [6.45, 7) is 0.878. The van der Waals surface area contributed by atoms with Crippen LogP contribution in [-0.2, 0) is 17.7 Å². The number of halogens is 1. The molecule has 0 saturated heterocycles. The first kappa shape index (κ1) is 22.0. The number of hydrogen-bond acceptors (Lipinski definition) is 5. The Bertz CT molecular complexity index is 1200. The number of carbonyl (C=O) groups excluding carboxylic acids is 1. The first-order chi connectivity index (χ1) is 15.7. The molecule has 0 radical (unpaired) electrons. The van der Waals surface area contributed by atoms with Crippen LogP contribution in [0.2, 0.25) is 0 Å². The van der Waals surface area contributed by atoms with Crippen LogP contribution in [0.4, 0.5) is 0 Å². The summed E-state index contributed by atoms with van der Waals surface area (Å²) in [5.41, 5.74) is 5.23. The first-order valence-electron chi connectivity index (χ1n) is 10.2. The van der Waals surface area contributed by atoms with Gasteiger partial charge in [-0.2, -0.15) is 0 Å². The molecular formula is C25H23BrN2O4. The molecule has 0 spiro atoms. The maximum absolute atomic E-state index is 11.7. The molecule has 0 N–H and O–H groups in total. The molecule has 2 aromatic heterocycles. The number of alkyl halides is 1. The topological polar surface area (TPSA) is 62.6 Å². The van der Waals surface area contributed by atoms with Gasteiger partial charge in [0.2, 0.25) is 5.88 Å². The maximum atomic E-state index is 11.7. The number of methoxy groups -OCH3 is 1. The van der Waals surface area contributed by atoms with Crippen LogP contribution in [0.25, 0.3) is 22.0 Å². The van der Waals surface area contributed by atoms with E-state index >= 15 is 0 Å². The fraction of sp³-hybridized carbons (Fsp3) is 0.200. The molecule has 0 amide bonds. The Morgan fingerprint density at radius 2 is 1.91 bits per heavy atom. The molecule has 0 aliphatic heterocycles. The number of aldehydes is 1. The van der Waals surface area contributed by atoms with Crippen LogP contribution >= 0.6 is 15.9 Å². The molecule has 0 fully saturated rings. The van der Waals surface area contributed by atoms with Gasteiger partial charge in [-0.1, -0.05) is 30.3 Å². The van der Waals surface area contributed by atoms with Gasteiger partial charge in [0.25, 0.3) is 0 Å². The second kappa shape index (κ2) is 10.4. The number of ether oxygens (including phenoxy) is 3. The summed E-state index contributed by atoms with van der Waals surface area (Å²) in [6.07, 6.45) is 5.37. The molecule has 32 heavy (non-hydrogen) atoms. The van der Waals surface area contributed by atoms with Crippen molar-refractivity contribution in [3.05, 3.63) is 78.1 Å². The number of pyridine rings is 1. The van der Waals surface area contributed by atoms with Crippen molar-refractivity contribution < 1.29 is 19.0 Å². The molecule has 0 aliphatic carbocycles. The van der Waals surface area contributed by atoms with Crippen LogP contribution in [0.5, 0.6) is 11.6 Å². The lowest BCUT2D eigenvalue weighted by Crippen LogP contribution is -2.02. The van der Waals surface area contributed by atoms with Crippen LogP contribution in [0.1, 0.15) is 15.9 Å². The van der Waals surface area contributed by atoms with E-state index in [1.165, 1.54) is 0 Å². The third kappa shape index (κ3) is 4.84. The molecule has 2 aromatic carbocycles. The Labute approximate surface area is 194 Å². The molecule has 164 valence electrons. The molecule has 2 heterocycles. The minimum atomic E-state index is 0.157. The molecule has 0 atom stereocenters. The normalized spacial score (nSPS) is 10.9. The highest BCUT2D eigenvalue weighted by atomic mass is 79.9. The Morgan fingerprint density at radius 3 is 2.66 bits per heavy atom. The van der Waals surface area contributed by atoms with E-state index in [1.807, 2.05) is 48.7 Å². The van der Waals surface area contributed by atoms with Crippen molar-refractivity contribution in [2.24, 2.45) is 0 Å². The minimum absolute atomic E-state index is 0.157.